The number of hydrogen-bond donors (Lipinski definition) is 0. The van der Waals surface area contributed by atoms with Gasteiger partial charge in [-0.15, -0.1) is 0 Å². The summed E-state index contributed by atoms with van der Waals surface area (Å²) in [4.78, 5) is 11.4. The Bertz CT molecular complexity index is 398. The lowest BCUT2D eigenvalue weighted by Crippen LogP contribution is -2.38. The molecule has 1 aromatic rings. The van der Waals surface area contributed by atoms with Crippen molar-refractivity contribution in [2.45, 2.75) is 33.2 Å². The second-order valence-corrected chi connectivity index (χ2v) is 9.62. The Morgan fingerprint density at radius 3 is 2.50 bits per heavy atom. The van der Waals surface area contributed by atoms with Crippen LogP contribution in [0.4, 0.5) is 0 Å². The van der Waals surface area contributed by atoms with Crippen LogP contribution in [0.1, 0.15) is 21.7 Å². The average molecular weight is 210 g/mol. The fraction of sp³-hybridized carbons (Fsp3) is 0.500. The summed E-state index contributed by atoms with van der Waals surface area (Å²) in [5.74, 6) is 0.477. The molecule has 0 spiro atoms. The minimum absolute atomic E-state index is 0.231. The van der Waals surface area contributed by atoms with Gasteiger partial charge in [-0.2, -0.15) is 0 Å². The maximum absolute atomic E-state index is 11.4. The van der Waals surface area contributed by atoms with Crippen LogP contribution in [-0.4, -0.2) is 14.0 Å². The highest BCUT2D eigenvalue weighted by Crippen LogP contribution is 2.25. The summed E-state index contributed by atoms with van der Waals surface area (Å²) >= 11 is 0. The quantitative estimate of drug-likeness (QED) is 0.524. The maximum Gasteiger partial charge on any atom is 0.342 e. The van der Waals surface area contributed by atoms with Gasteiger partial charge in [-0.25, -0.2) is 4.79 Å². The molecule has 2 heterocycles. The lowest BCUT2D eigenvalue weighted by atomic mass is 10.2. The summed E-state index contributed by atoms with van der Waals surface area (Å²) in [6.45, 7) is 8.83. The molecule has 0 aliphatic carbocycles. The first-order valence-electron chi connectivity index (χ1n) is 4.71. The smallest absolute Gasteiger partial charge is 0.342 e. The molecule has 0 radical (unpaired) electrons. The van der Waals surface area contributed by atoms with Gasteiger partial charge in [-0.05, 0) is 6.92 Å². The molecule has 0 fully saturated rings. The number of furan rings is 1. The second kappa shape index (κ2) is 2.73. The van der Waals surface area contributed by atoms with Crippen LogP contribution in [0.3, 0.4) is 0 Å². The minimum atomic E-state index is -1.50. The SMILES string of the molecule is Cc1oc([Si](C)(C)C)c2c1C(=O)OC2. The molecule has 0 unspecified atom stereocenters. The van der Waals surface area contributed by atoms with Crippen LogP contribution < -0.4 is 5.38 Å². The third-order valence-corrected chi connectivity index (χ3v) is 4.18. The summed E-state index contributed by atoms with van der Waals surface area (Å²) in [7, 11) is -1.50. The van der Waals surface area contributed by atoms with Crippen molar-refractivity contribution < 1.29 is 13.9 Å². The topological polar surface area (TPSA) is 39.4 Å². The summed E-state index contributed by atoms with van der Waals surface area (Å²) < 4.78 is 10.7. The largest absolute Gasteiger partial charge is 0.470 e. The second-order valence-electron chi connectivity index (χ2n) is 4.67. The van der Waals surface area contributed by atoms with E-state index in [1.165, 1.54) is 0 Å². The van der Waals surface area contributed by atoms with Crippen molar-refractivity contribution in [1.29, 1.82) is 0 Å². The number of rotatable bonds is 1. The van der Waals surface area contributed by atoms with Crippen molar-refractivity contribution in [3.63, 3.8) is 0 Å². The van der Waals surface area contributed by atoms with Crippen molar-refractivity contribution in [1.82, 2.24) is 0 Å². The van der Waals surface area contributed by atoms with Crippen LogP contribution in [0.25, 0.3) is 0 Å². The highest BCUT2D eigenvalue weighted by molar-refractivity contribution is 6.88. The molecule has 2 rings (SSSR count). The Hall–Kier alpha value is -1.03. The lowest BCUT2D eigenvalue weighted by molar-refractivity contribution is 0.0530. The third kappa shape index (κ3) is 1.21. The summed E-state index contributed by atoms with van der Waals surface area (Å²) in [5.41, 5.74) is 1.66. The van der Waals surface area contributed by atoms with Crippen LogP contribution in [-0.2, 0) is 11.3 Å². The number of carbonyl (C=O) groups excluding carboxylic acids is 1. The van der Waals surface area contributed by atoms with Gasteiger partial charge in [0.1, 0.15) is 26.0 Å². The number of hydrogen-bond acceptors (Lipinski definition) is 3. The van der Waals surface area contributed by atoms with Crippen LogP contribution in [0.5, 0.6) is 0 Å². The van der Waals surface area contributed by atoms with Crippen molar-refractivity contribution in [3.8, 4) is 0 Å². The average Bonchev–Trinajstić information content (AvgIpc) is 2.54. The van der Waals surface area contributed by atoms with Gasteiger partial charge in [0, 0.05) is 5.56 Å². The minimum Gasteiger partial charge on any atom is -0.470 e. The van der Waals surface area contributed by atoms with Crippen LogP contribution in [0, 0.1) is 6.92 Å². The van der Waals surface area contributed by atoms with E-state index in [4.69, 9.17) is 9.15 Å². The zero-order chi connectivity index (χ0) is 10.5. The Labute approximate surface area is 84.1 Å². The molecular formula is C10H14O3Si. The highest BCUT2D eigenvalue weighted by Gasteiger charge is 2.35. The zero-order valence-electron chi connectivity index (χ0n) is 8.93. The van der Waals surface area contributed by atoms with E-state index in [0.717, 1.165) is 10.9 Å². The van der Waals surface area contributed by atoms with E-state index < -0.39 is 8.07 Å². The predicted octanol–water partition coefficient (Wildman–Crippen LogP) is 1.80. The lowest BCUT2D eigenvalue weighted by Gasteiger charge is -2.13. The molecule has 0 amide bonds. The summed E-state index contributed by atoms with van der Waals surface area (Å²) in [6.07, 6.45) is 0. The Morgan fingerprint density at radius 1 is 1.29 bits per heavy atom. The number of esters is 1. The van der Waals surface area contributed by atoms with Crippen LogP contribution >= 0.6 is 0 Å². The number of cyclic esters (lactones) is 1. The molecule has 76 valence electrons. The summed E-state index contributed by atoms with van der Waals surface area (Å²) in [5, 5.41) is 1.01. The molecule has 1 aromatic heterocycles. The van der Waals surface area contributed by atoms with Crippen molar-refractivity contribution in [2.75, 3.05) is 0 Å². The van der Waals surface area contributed by atoms with Crippen LogP contribution in [0.2, 0.25) is 19.6 Å². The van der Waals surface area contributed by atoms with E-state index in [1.54, 1.807) is 0 Å². The maximum atomic E-state index is 11.4. The highest BCUT2D eigenvalue weighted by atomic mass is 28.3. The van der Waals surface area contributed by atoms with Gasteiger partial charge in [0.25, 0.3) is 0 Å². The first-order valence-corrected chi connectivity index (χ1v) is 8.21. The Morgan fingerprint density at radius 2 is 1.93 bits per heavy atom. The van der Waals surface area contributed by atoms with Crippen molar-refractivity contribution in [3.05, 3.63) is 16.9 Å². The zero-order valence-corrected chi connectivity index (χ0v) is 9.93. The molecule has 0 saturated carbocycles. The first-order chi connectivity index (χ1) is 6.41. The Kier molecular flexibility index (Phi) is 1.86. The molecule has 1 aliphatic rings. The molecule has 3 nitrogen and oxygen atoms in total. The molecule has 4 heteroatoms. The van der Waals surface area contributed by atoms with E-state index >= 15 is 0 Å². The first kappa shape index (κ1) is 9.52. The number of aryl methyl sites for hydroxylation is 1. The molecule has 1 aliphatic heterocycles. The fourth-order valence-electron chi connectivity index (χ4n) is 1.81. The molecule has 0 bridgehead atoms. The number of ether oxygens (including phenoxy) is 1. The van der Waals surface area contributed by atoms with Gasteiger partial charge in [0.05, 0.1) is 5.38 Å². The van der Waals surface area contributed by atoms with Gasteiger partial charge in [-0.3, -0.25) is 0 Å². The Balaban J connectivity index is 2.62. The summed E-state index contributed by atoms with van der Waals surface area (Å²) in [6, 6.07) is 0. The molecule has 14 heavy (non-hydrogen) atoms. The van der Waals surface area contributed by atoms with E-state index in [0.29, 0.717) is 17.9 Å². The number of fused-ring (bicyclic) bond motifs is 1. The third-order valence-electron chi connectivity index (χ3n) is 2.42. The van der Waals surface area contributed by atoms with Gasteiger partial charge >= 0.3 is 5.97 Å². The van der Waals surface area contributed by atoms with E-state index in [9.17, 15) is 4.79 Å². The van der Waals surface area contributed by atoms with Crippen LogP contribution in [0.15, 0.2) is 4.42 Å². The normalized spacial score (nSPS) is 15.6. The van der Waals surface area contributed by atoms with Gasteiger partial charge in [0.2, 0.25) is 0 Å². The van der Waals surface area contributed by atoms with Crippen molar-refractivity contribution in [2.24, 2.45) is 0 Å². The van der Waals surface area contributed by atoms with E-state index in [-0.39, 0.29) is 5.97 Å². The standard InChI is InChI=1S/C10H14O3Si/c1-6-8-7(5-12-9(8)11)10(13-6)14(2,3)4/h5H2,1-4H3. The van der Waals surface area contributed by atoms with E-state index in [1.807, 2.05) is 6.92 Å². The fourth-order valence-corrected chi connectivity index (χ4v) is 3.37. The van der Waals surface area contributed by atoms with Crippen molar-refractivity contribution >= 4 is 19.4 Å². The molecular weight excluding hydrogens is 196 g/mol. The van der Waals surface area contributed by atoms with Gasteiger partial charge in [0.15, 0.2) is 0 Å². The molecule has 0 atom stereocenters. The van der Waals surface area contributed by atoms with Gasteiger partial charge in [-0.1, -0.05) is 19.6 Å². The molecule has 0 N–H and O–H groups in total. The predicted molar refractivity (Wildman–Crippen MR) is 55.5 cm³/mol. The monoisotopic (exact) mass is 210 g/mol. The molecule has 0 saturated heterocycles. The van der Waals surface area contributed by atoms with E-state index in [2.05, 4.69) is 19.6 Å². The van der Waals surface area contributed by atoms with Gasteiger partial charge < -0.3 is 9.15 Å². The number of carbonyl (C=O) groups is 1. The molecule has 0 aromatic carbocycles.